The largest absolute Gasteiger partial charge is 0.486 e. The lowest BCUT2D eigenvalue weighted by Crippen LogP contribution is -2.37. The Labute approximate surface area is 140 Å². The van der Waals surface area contributed by atoms with Crippen LogP contribution in [0.2, 0.25) is 0 Å². The molecule has 3 aromatic rings. The molecule has 6 nitrogen and oxygen atoms in total. The molecule has 1 aliphatic rings. The lowest BCUT2D eigenvalue weighted by Gasteiger charge is -2.33. The molecule has 0 amide bonds. The second kappa shape index (κ2) is 6.49. The number of fused-ring (bicyclic) bond motifs is 1. The Kier molecular flexibility index (Phi) is 4.04. The molecule has 0 saturated heterocycles. The molecule has 0 spiro atoms. The number of imidazole rings is 1. The molecule has 124 valence electrons. The number of nitrogens with zero attached hydrogens (tertiary/aromatic N) is 4. The van der Waals surface area contributed by atoms with Gasteiger partial charge in [-0.25, -0.2) is 4.98 Å². The summed E-state index contributed by atoms with van der Waals surface area (Å²) >= 11 is 0. The van der Waals surface area contributed by atoms with Crippen LogP contribution >= 0.6 is 0 Å². The summed E-state index contributed by atoms with van der Waals surface area (Å²) in [5.41, 5.74) is 1.10. The van der Waals surface area contributed by atoms with Crippen molar-refractivity contribution in [3.05, 3.63) is 66.4 Å². The number of ether oxygens (including phenoxy) is 1. The van der Waals surface area contributed by atoms with E-state index < -0.39 is 0 Å². The van der Waals surface area contributed by atoms with E-state index in [-0.39, 0.29) is 6.04 Å². The van der Waals surface area contributed by atoms with E-state index in [4.69, 9.17) is 9.15 Å². The first-order chi connectivity index (χ1) is 11.8. The average molecular weight is 324 g/mol. The standard InChI is InChI=1S/C18H20N4O2/c1-14-18-20-10-15(13-24-16-4-2-6-19-11-16)22(18)8-7-21(14)12-17-5-3-9-23-17/h2-6,9-11,14H,7-8,12-13H2,1H3/t14-/m0/s1. The number of rotatable bonds is 5. The Morgan fingerprint density at radius 2 is 2.21 bits per heavy atom. The summed E-state index contributed by atoms with van der Waals surface area (Å²) in [4.78, 5) is 11.1. The van der Waals surface area contributed by atoms with Gasteiger partial charge in [0.15, 0.2) is 0 Å². The maximum absolute atomic E-state index is 5.81. The van der Waals surface area contributed by atoms with E-state index >= 15 is 0 Å². The lowest BCUT2D eigenvalue weighted by atomic mass is 10.2. The summed E-state index contributed by atoms with van der Waals surface area (Å²) in [6.45, 7) is 5.37. The number of hydrogen-bond donors (Lipinski definition) is 0. The molecule has 0 radical (unpaired) electrons. The maximum Gasteiger partial charge on any atom is 0.138 e. The number of hydrogen-bond acceptors (Lipinski definition) is 5. The van der Waals surface area contributed by atoms with Gasteiger partial charge >= 0.3 is 0 Å². The van der Waals surface area contributed by atoms with Crippen molar-refractivity contribution >= 4 is 0 Å². The lowest BCUT2D eigenvalue weighted by molar-refractivity contribution is 0.142. The van der Waals surface area contributed by atoms with Crippen LogP contribution in [0.5, 0.6) is 5.75 Å². The Balaban J connectivity index is 1.46. The monoisotopic (exact) mass is 324 g/mol. The fourth-order valence-corrected chi connectivity index (χ4v) is 3.13. The van der Waals surface area contributed by atoms with Crippen LogP contribution < -0.4 is 4.74 Å². The van der Waals surface area contributed by atoms with Gasteiger partial charge in [-0.2, -0.15) is 0 Å². The fourth-order valence-electron chi connectivity index (χ4n) is 3.13. The number of pyridine rings is 1. The van der Waals surface area contributed by atoms with Crippen molar-refractivity contribution in [2.45, 2.75) is 32.7 Å². The highest BCUT2D eigenvalue weighted by atomic mass is 16.5. The minimum atomic E-state index is 0.246. The smallest absolute Gasteiger partial charge is 0.138 e. The predicted molar refractivity (Wildman–Crippen MR) is 88.3 cm³/mol. The normalized spacial score (nSPS) is 17.6. The maximum atomic E-state index is 5.81. The Morgan fingerprint density at radius 3 is 3.00 bits per heavy atom. The van der Waals surface area contributed by atoms with Gasteiger partial charge in [0.1, 0.15) is 23.9 Å². The summed E-state index contributed by atoms with van der Waals surface area (Å²) < 4.78 is 13.5. The molecular formula is C18H20N4O2. The van der Waals surface area contributed by atoms with Crippen molar-refractivity contribution in [1.29, 1.82) is 0 Å². The molecule has 6 heteroatoms. The van der Waals surface area contributed by atoms with Gasteiger partial charge in [0.05, 0.1) is 36.9 Å². The van der Waals surface area contributed by atoms with E-state index in [0.29, 0.717) is 6.61 Å². The number of aromatic nitrogens is 3. The van der Waals surface area contributed by atoms with E-state index in [2.05, 4.69) is 26.4 Å². The van der Waals surface area contributed by atoms with E-state index in [9.17, 15) is 0 Å². The van der Waals surface area contributed by atoms with Crippen LogP contribution in [0, 0.1) is 0 Å². The molecule has 24 heavy (non-hydrogen) atoms. The van der Waals surface area contributed by atoms with Crippen LogP contribution in [0.4, 0.5) is 0 Å². The Bertz CT molecular complexity index is 783. The molecule has 1 aliphatic heterocycles. The van der Waals surface area contributed by atoms with Gasteiger partial charge in [0, 0.05) is 19.3 Å². The van der Waals surface area contributed by atoms with Gasteiger partial charge in [-0.3, -0.25) is 9.88 Å². The highest BCUT2D eigenvalue weighted by molar-refractivity contribution is 5.17. The molecule has 4 rings (SSSR count). The second-order valence-electron chi connectivity index (χ2n) is 5.96. The summed E-state index contributed by atoms with van der Waals surface area (Å²) in [6, 6.07) is 7.97. The van der Waals surface area contributed by atoms with Crippen molar-refractivity contribution in [1.82, 2.24) is 19.4 Å². The van der Waals surface area contributed by atoms with Gasteiger partial charge < -0.3 is 13.7 Å². The van der Waals surface area contributed by atoms with Crippen molar-refractivity contribution in [2.24, 2.45) is 0 Å². The predicted octanol–water partition coefficient (Wildman–Crippen LogP) is 3.03. The molecule has 3 aromatic heterocycles. The zero-order valence-corrected chi connectivity index (χ0v) is 13.6. The molecule has 4 heterocycles. The van der Waals surface area contributed by atoms with Crippen molar-refractivity contribution < 1.29 is 9.15 Å². The topological polar surface area (TPSA) is 56.3 Å². The molecule has 1 atom stereocenters. The van der Waals surface area contributed by atoms with Crippen LogP contribution in [0.3, 0.4) is 0 Å². The third-order valence-corrected chi connectivity index (χ3v) is 4.46. The van der Waals surface area contributed by atoms with E-state index in [1.807, 2.05) is 30.5 Å². The molecule has 0 N–H and O–H groups in total. The van der Waals surface area contributed by atoms with Gasteiger partial charge in [-0.1, -0.05) is 0 Å². The van der Waals surface area contributed by atoms with Gasteiger partial charge in [-0.05, 0) is 31.2 Å². The van der Waals surface area contributed by atoms with Crippen LogP contribution in [0.1, 0.15) is 30.2 Å². The highest BCUT2D eigenvalue weighted by Crippen LogP contribution is 2.27. The first kappa shape index (κ1) is 15.0. The quantitative estimate of drug-likeness (QED) is 0.722. The third-order valence-electron chi connectivity index (χ3n) is 4.46. The third kappa shape index (κ3) is 2.92. The van der Waals surface area contributed by atoms with Crippen molar-refractivity contribution in [3.8, 4) is 5.75 Å². The SMILES string of the molecule is C[C@H]1c2ncc(COc3cccnc3)n2CCN1Cc1ccco1. The molecule has 0 saturated carbocycles. The van der Waals surface area contributed by atoms with Crippen LogP contribution in [-0.4, -0.2) is 26.0 Å². The second-order valence-corrected chi connectivity index (χ2v) is 5.96. The summed E-state index contributed by atoms with van der Waals surface area (Å²) in [6.07, 6.45) is 7.10. The summed E-state index contributed by atoms with van der Waals surface area (Å²) in [5, 5.41) is 0. The van der Waals surface area contributed by atoms with E-state index in [1.54, 1.807) is 18.7 Å². The molecular weight excluding hydrogens is 304 g/mol. The van der Waals surface area contributed by atoms with Crippen molar-refractivity contribution in [2.75, 3.05) is 6.54 Å². The minimum Gasteiger partial charge on any atom is -0.486 e. The average Bonchev–Trinajstić information content (AvgIpc) is 3.26. The minimum absolute atomic E-state index is 0.246. The molecule has 0 fully saturated rings. The van der Waals surface area contributed by atoms with Crippen molar-refractivity contribution in [3.63, 3.8) is 0 Å². The van der Waals surface area contributed by atoms with Gasteiger partial charge in [-0.15, -0.1) is 0 Å². The summed E-state index contributed by atoms with van der Waals surface area (Å²) in [5.74, 6) is 2.84. The van der Waals surface area contributed by atoms with Gasteiger partial charge in [0.2, 0.25) is 0 Å². The van der Waals surface area contributed by atoms with Crippen LogP contribution in [-0.2, 0) is 19.7 Å². The Hall–Kier alpha value is -2.60. The molecule has 0 aromatic carbocycles. The molecule has 0 unspecified atom stereocenters. The van der Waals surface area contributed by atoms with E-state index in [1.165, 1.54) is 0 Å². The first-order valence-electron chi connectivity index (χ1n) is 8.15. The Morgan fingerprint density at radius 1 is 1.25 bits per heavy atom. The molecule has 0 bridgehead atoms. The van der Waals surface area contributed by atoms with Crippen LogP contribution in [0.15, 0.2) is 53.5 Å². The highest BCUT2D eigenvalue weighted by Gasteiger charge is 2.27. The summed E-state index contributed by atoms with van der Waals surface area (Å²) in [7, 11) is 0. The fraction of sp³-hybridized carbons (Fsp3) is 0.333. The number of furan rings is 1. The first-order valence-corrected chi connectivity index (χ1v) is 8.15. The van der Waals surface area contributed by atoms with Crippen LogP contribution in [0.25, 0.3) is 0 Å². The zero-order chi connectivity index (χ0) is 16.4. The molecule has 0 aliphatic carbocycles. The van der Waals surface area contributed by atoms with E-state index in [0.717, 1.165) is 42.7 Å². The van der Waals surface area contributed by atoms with Gasteiger partial charge in [0.25, 0.3) is 0 Å². The zero-order valence-electron chi connectivity index (χ0n) is 13.6.